The normalized spacial score (nSPS) is 14.4. The van der Waals surface area contributed by atoms with Gasteiger partial charge in [0.1, 0.15) is 11.5 Å². The van der Waals surface area contributed by atoms with Crippen LogP contribution in [-0.2, 0) is 11.8 Å². The Morgan fingerprint density at radius 3 is 2.19 bits per heavy atom. The Kier molecular flexibility index (Phi) is 4.23. The van der Waals surface area contributed by atoms with Gasteiger partial charge in [0, 0.05) is 11.8 Å². The van der Waals surface area contributed by atoms with Gasteiger partial charge in [-0.25, -0.2) is 0 Å². The van der Waals surface area contributed by atoms with Crippen molar-refractivity contribution < 1.29 is 4.42 Å². The summed E-state index contributed by atoms with van der Waals surface area (Å²) in [5, 5.41) is 0. The van der Waals surface area contributed by atoms with E-state index >= 15 is 0 Å². The van der Waals surface area contributed by atoms with Gasteiger partial charge in [-0.15, -0.1) is 0 Å². The summed E-state index contributed by atoms with van der Waals surface area (Å²) in [5.41, 5.74) is 0.123. The summed E-state index contributed by atoms with van der Waals surface area (Å²) in [7, 11) is 0. The third-order valence-electron chi connectivity index (χ3n) is 3.33. The molecule has 1 heterocycles. The molecule has 0 N–H and O–H groups in total. The van der Waals surface area contributed by atoms with Crippen LogP contribution in [0.2, 0.25) is 0 Å². The van der Waals surface area contributed by atoms with Gasteiger partial charge < -0.3 is 4.42 Å². The molecule has 0 aliphatic rings. The minimum atomic E-state index is 0.123. The smallest absolute Gasteiger partial charge is 0.109 e. The van der Waals surface area contributed by atoms with Crippen LogP contribution in [0.5, 0.6) is 0 Å². The monoisotopic (exact) mass is 222 g/mol. The van der Waals surface area contributed by atoms with Crippen LogP contribution in [0.1, 0.15) is 59.5 Å². The van der Waals surface area contributed by atoms with E-state index in [9.17, 15) is 0 Å². The number of furan rings is 1. The first-order valence-corrected chi connectivity index (χ1v) is 6.43. The van der Waals surface area contributed by atoms with E-state index in [2.05, 4.69) is 53.7 Å². The molecule has 0 amide bonds. The van der Waals surface area contributed by atoms with Gasteiger partial charge in [-0.2, -0.15) is 0 Å². The number of hydrogen-bond donors (Lipinski definition) is 0. The highest BCUT2D eigenvalue weighted by molar-refractivity contribution is 5.14. The molecule has 1 aromatic rings. The molecule has 0 aromatic carbocycles. The molecule has 0 aliphatic carbocycles. The van der Waals surface area contributed by atoms with E-state index in [4.69, 9.17) is 4.42 Å². The molecule has 1 aromatic heterocycles. The Balaban J connectivity index is 2.72. The molecular weight excluding hydrogens is 196 g/mol. The van der Waals surface area contributed by atoms with E-state index in [1.165, 1.54) is 6.42 Å². The summed E-state index contributed by atoms with van der Waals surface area (Å²) in [6, 6.07) is 4.27. The maximum Gasteiger partial charge on any atom is 0.109 e. The van der Waals surface area contributed by atoms with Crippen LogP contribution in [0.25, 0.3) is 0 Å². The molecule has 1 heteroatoms. The third kappa shape index (κ3) is 3.40. The van der Waals surface area contributed by atoms with Crippen LogP contribution in [0.15, 0.2) is 16.5 Å². The summed E-state index contributed by atoms with van der Waals surface area (Å²) in [6.45, 7) is 13.4. The predicted molar refractivity (Wildman–Crippen MR) is 69.7 cm³/mol. The average molecular weight is 222 g/mol. The molecule has 0 saturated carbocycles. The Hall–Kier alpha value is -0.720. The second kappa shape index (κ2) is 5.07. The summed E-state index contributed by atoms with van der Waals surface area (Å²) >= 11 is 0. The standard InChI is InChI=1S/C15H26O/c1-7-12(11(2)3)10-13-8-9-14(16-13)15(4,5)6/h8-9,11-12H,7,10H2,1-6H3. The van der Waals surface area contributed by atoms with Gasteiger partial charge in [0.05, 0.1) is 0 Å². The highest BCUT2D eigenvalue weighted by Crippen LogP contribution is 2.27. The van der Waals surface area contributed by atoms with E-state index in [-0.39, 0.29) is 5.41 Å². The molecule has 1 nitrogen and oxygen atoms in total. The number of rotatable bonds is 4. The van der Waals surface area contributed by atoms with Gasteiger partial charge >= 0.3 is 0 Å². The molecule has 0 aliphatic heterocycles. The summed E-state index contributed by atoms with van der Waals surface area (Å²) in [6.07, 6.45) is 2.30. The van der Waals surface area contributed by atoms with Crippen molar-refractivity contribution in [3.63, 3.8) is 0 Å². The van der Waals surface area contributed by atoms with E-state index in [1.54, 1.807) is 0 Å². The van der Waals surface area contributed by atoms with Crippen molar-refractivity contribution >= 4 is 0 Å². The quantitative estimate of drug-likeness (QED) is 0.713. The Labute approximate surface area is 100 Å². The van der Waals surface area contributed by atoms with Crippen molar-refractivity contribution in [2.75, 3.05) is 0 Å². The third-order valence-corrected chi connectivity index (χ3v) is 3.33. The molecule has 1 unspecified atom stereocenters. The molecule has 0 radical (unpaired) electrons. The highest BCUT2D eigenvalue weighted by atomic mass is 16.3. The minimum absolute atomic E-state index is 0.123. The molecule has 92 valence electrons. The first kappa shape index (κ1) is 13.3. The van der Waals surface area contributed by atoms with Crippen molar-refractivity contribution in [2.24, 2.45) is 11.8 Å². The van der Waals surface area contributed by atoms with Gasteiger partial charge in [0.25, 0.3) is 0 Å². The molecule has 0 fully saturated rings. The van der Waals surface area contributed by atoms with E-state index in [0.717, 1.165) is 29.8 Å². The SMILES string of the molecule is CCC(Cc1ccc(C(C)(C)C)o1)C(C)C. The highest BCUT2D eigenvalue weighted by Gasteiger charge is 2.20. The Bertz CT molecular complexity index is 314. The van der Waals surface area contributed by atoms with E-state index < -0.39 is 0 Å². The molecule has 0 spiro atoms. The largest absolute Gasteiger partial charge is 0.466 e. The minimum Gasteiger partial charge on any atom is -0.466 e. The molecule has 1 rings (SSSR count). The van der Waals surface area contributed by atoms with Crippen molar-refractivity contribution in [3.05, 3.63) is 23.7 Å². The zero-order valence-corrected chi connectivity index (χ0v) is 11.6. The zero-order chi connectivity index (χ0) is 12.3. The first-order chi connectivity index (χ1) is 7.34. The lowest BCUT2D eigenvalue weighted by atomic mass is 9.89. The maximum atomic E-state index is 5.93. The molecular formula is C15H26O. The fourth-order valence-corrected chi connectivity index (χ4v) is 2.00. The number of hydrogen-bond acceptors (Lipinski definition) is 1. The fourth-order valence-electron chi connectivity index (χ4n) is 2.00. The van der Waals surface area contributed by atoms with Gasteiger partial charge in [-0.05, 0) is 24.0 Å². The van der Waals surface area contributed by atoms with E-state index in [0.29, 0.717) is 0 Å². The average Bonchev–Trinajstić information content (AvgIpc) is 2.61. The maximum absolute atomic E-state index is 5.93. The molecule has 0 bridgehead atoms. The van der Waals surface area contributed by atoms with Crippen LogP contribution in [0.3, 0.4) is 0 Å². The van der Waals surface area contributed by atoms with Crippen molar-refractivity contribution in [1.29, 1.82) is 0 Å². The van der Waals surface area contributed by atoms with Crippen molar-refractivity contribution in [2.45, 2.75) is 59.8 Å². The van der Waals surface area contributed by atoms with Gasteiger partial charge in [0.15, 0.2) is 0 Å². The topological polar surface area (TPSA) is 13.1 Å². The molecule has 0 saturated heterocycles. The van der Waals surface area contributed by atoms with Crippen LogP contribution in [-0.4, -0.2) is 0 Å². The molecule has 16 heavy (non-hydrogen) atoms. The van der Waals surface area contributed by atoms with Crippen LogP contribution < -0.4 is 0 Å². The van der Waals surface area contributed by atoms with Crippen molar-refractivity contribution in [1.82, 2.24) is 0 Å². The Morgan fingerprint density at radius 2 is 1.81 bits per heavy atom. The lowest BCUT2D eigenvalue weighted by Crippen LogP contribution is -2.11. The lowest BCUT2D eigenvalue weighted by molar-refractivity contribution is 0.322. The van der Waals surface area contributed by atoms with Gasteiger partial charge in [0.2, 0.25) is 0 Å². The second-order valence-corrected chi connectivity index (χ2v) is 6.13. The lowest BCUT2D eigenvalue weighted by Gasteiger charge is -2.18. The van der Waals surface area contributed by atoms with Gasteiger partial charge in [-0.1, -0.05) is 48.0 Å². The second-order valence-electron chi connectivity index (χ2n) is 6.13. The van der Waals surface area contributed by atoms with E-state index in [1.807, 2.05) is 0 Å². The first-order valence-electron chi connectivity index (χ1n) is 6.43. The zero-order valence-electron chi connectivity index (χ0n) is 11.6. The van der Waals surface area contributed by atoms with Crippen LogP contribution in [0.4, 0.5) is 0 Å². The summed E-state index contributed by atoms with van der Waals surface area (Å²) in [5.74, 6) is 3.71. The Morgan fingerprint density at radius 1 is 1.19 bits per heavy atom. The predicted octanol–water partition coefficient (Wildman–Crippen LogP) is 4.80. The fraction of sp³-hybridized carbons (Fsp3) is 0.733. The summed E-state index contributed by atoms with van der Waals surface area (Å²) < 4.78 is 5.93. The van der Waals surface area contributed by atoms with Crippen LogP contribution >= 0.6 is 0 Å². The molecule has 1 atom stereocenters. The van der Waals surface area contributed by atoms with Crippen molar-refractivity contribution in [3.8, 4) is 0 Å². The van der Waals surface area contributed by atoms with Crippen LogP contribution in [0, 0.1) is 11.8 Å². The van der Waals surface area contributed by atoms with Gasteiger partial charge in [-0.3, -0.25) is 0 Å². The summed E-state index contributed by atoms with van der Waals surface area (Å²) in [4.78, 5) is 0.